The van der Waals surface area contributed by atoms with E-state index in [-0.39, 0.29) is 0 Å². The molecule has 1 rings (SSSR count). The Balaban J connectivity index is 2.81. The Morgan fingerprint density at radius 1 is 1.41 bits per heavy atom. The van der Waals surface area contributed by atoms with Gasteiger partial charge in [0.05, 0.1) is 6.04 Å². The first-order chi connectivity index (χ1) is 7.74. The molecule has 2 N–H and O–H groups in total. The molecule has 2 unspecified atom stereocenters. The van der Waals surface area contributed by atoms with Gasteiger partial charge in [-0.2, -0.15) is 0 Å². The molecule has 0 radical (unpaired) electrons. The van der Waals surface area contributed by atoms with E-state index in [2.05, 4.69) is 4.72 Å². The second-order valence-corrected chi connectivity index (χ2v) is 5.85. The number of sulfonamides is 1. The van der Waals surface area contributed by atoms with E-state index < -0.39 is 27.3 Å². The minimum atomic E-state index is -3.91. The Bertz CT molecular complexity index is 505. The van der Waals surface area contributed by atoms with E-state index in [9.17, 15) is 13.2 Å². The molecule has 0 saturated carbocycles. The summed E-state index contributed by atoms with van der Waals surface area (Å²) in [6.45, 7) is 4.44. The lowest BCUT2D eigenvalue weighted by molar-refractivity contribution is -0.136. The van der Waals surface area contributed by atoms with Gasteiger partial charge in [-0.05, 0) is 32.9 Å². The molecule has 7 heteroatoms. The zero-order chi connectivity index (χ0) is 13.2. The zero-order valence-electron chi connectivity index (χ0n) is 9.80. The highest BCUT2D eigenvalue weighted by molar-refractivity contribution is 7.90. The van der Waals surface area contributed by atoms with Crippen LogP contribution in [0.25, 0.3) is 0 Å². The molecular weight excluding hydrogens is 246 g/mol. The fourth-order valence-corrected chi connectivity index (χ4v) is 2.30. The summed E-state index contributed by atoms with van der Waals surface area (Å²) in [7, 11) is -3.91. The number of rotatable bonds is 5. The lowest BCUT2D eigenvalue weighted by Gasteiger charge is -2.14. The van der Waals surface area contributed by atoms with Crippen LogP contribution in [-0.2, 0) is 14.8 Å². The second kappa shape index (κ2) is 4.89. The highest BCUT2D eigenvalue weighted by Gasteiger charge is 2.29. The molecule has 96 valence electrons. The minimum absolute atomic E-state index is 0.448. The van der Waals surface area contributed by atoms with Crippen molar-refractivity contribution in [2.75, 3.05) is 0 Å². The Labute approximate surface area is 99.7 Å². The molecule has 0 aliphatic carbocycles. The van der Waals surface area contributed by atoms with Gasteiger partial charge in [0.25, 0.3) is 0 Å². The summed E-state index contributed by atoms with van der Waals surface area (Å²) in [5, 5.41) is 7.16. The highest BCUT2D eigenvalue weighted by atomic mass is 32.2. The molecule has 0 aromatic carbocycles. The quantitative estimate of drug-likeness (QED) is 0.825. The van der Waals surface area contributed by atoms with Crippen LogP contribution in [0.1, 0.15) is 31.4 Å². The van der Waals surface area contributed by atoms with Crippen molar-refractivity contribution in [3.05, 3.63) is 23.7 Å². The molecule has 6 nitrogen and oxygen atoms in total. The largest absolute Gasteiger partial charge is 0.480 e. The topological polar surface area (TPSA) is 96.6 Å². The maximum Gasteiger partial charge on any atom is 0.323 e. The van der Waals surface area contributed by atoms with Crippen molar-refractivity contribution in [1.29, 1.82) is 0 Å². The van der Waals surface area contributed by atoms with Gasteiger partial charge in [0.1, 0.15) is 11.5 Å². The van der Waals surface area contributed by atoms with Crippen LogP contribution in [0.4, 0.5) is 0 Å². The zero-order valence-corrected chi connectivity index (χ0v) is 10.6. The first-order valence-corrected chi connectivity index (χ1v) is 6.59. The summed E-state index contributed by atoms with van der Waals surface area (Å²) in [5.74, 6) is -0.277. The Hall–Kier alpha value is -1.34. The van der Waals surface area contributed by atoms with Crippen molar-refractivity contribution in [3.63, 3.8) is 0 Å². The van der Waals surface area contributed by atoms with Crippen molar-refractivity contribution < 1.29 is 22.7 Å². The average Bonchev–Trinajstić information content (AvgIpc) is 2.63. The van der Waals surface area contributed by atoms with Crippen molar-refractivity contribution in [3.8, 4) is 0 Å². The Morgan fingerprint density at radius 2 is 2.00 bits per heavy atom. The first-order valence-electron chi connectivity index (χ1n) is 5.04. The van der Waals surface area contributed by atoms with Crippen LogP contribution < -0.4 is 4.72 Å². The molecule has 0 fully saturated rings. The smallest absolute Gasteiger partial charge is 0.323 e. The fraction of sp³-hybridized carbons (Fsp3) is 0.500. The van der Waals surface area contributed by atoms with Gasteiger partial charge in [0.15, 0.2) is 5.25 Å². The van der Waals surface area contributed by atoms with Crippen LogP contribution >= 0.6 is 0 Å². The van der Waals surface area contributed by atoms with E-state index in [0.717, 1.165) is 6.92 Å². The van der Waals surface area contributed by atoms with Gasteiger partial charge in [0, 0.05) is 0 Å². The fourth-order valence-electron chi connectivity index (χ4n) is 1.23. The number of furan rings is 1. The lowest BCUT2D eigenvalue weighted by Crippen LogP contribution is -2.38. The van der Waals surface area contributed by atoms with E-state index in [1.165, 1.54) is 0 Å². The lowest BCUT2D eigenvalue weighted by atomic mass is 10.3. The van der Waals surface area contributed by atoms with Gasteiger partial charge >= 0.3 is 5.97 Å². The van der Waals surface area contributed by atoms with Gasteiger partial charge in [0.2, 0.25) is 10.0 Å². The van der Waals surface area contributed by atoms with Crippen LogP contribution in [0.15, 0.2) is 16.5 Å². The minimum Gasteiger partial charge on any atom is -0.480 e. The number of aliphatic carboxylic acids is 1. The molecule has 0 saturated heterocycles. The van der Waals surface area contributed by atoms with Gasteiger partial charge in [-0.1, -0.05) is 0 Å². The third-order valence-corrected chi connectivity index (χ3v) is 4.16. The predicted octanol–water partition coefficient (Wildman–Crippen LogP) is 1.04. The van der Waals surface area contributed by atoms with Crippen molar-refractivity contribution in [2.24, 2.45) is 0 Å². The maximum atomic E-state index is 11.6. The molecule has 1 aromatic heterocycles. The summed E-state index contributed by atoms with van der Waals surface area (Å²) in [5.41, 5.74) is 0. The molecule has 0 aliphatic heterocycles. The van der Waals surface area contributed by atoms with Crippen LogP contribution in [0.2, 0.25) is 0 Å². The molecule has 1 heterocycles. The van der Waals surface area contributed by atoms with Crippen molar-refractivity contribution in [1.82, 2.24) is 4.72 Å². The van der Waals surface area contributed by atoms with Gasteiger partial charge in [-0.3, -0.25) is 4.79 Å². The third-order valence-electron chi connectivity index (χ3n) is 2.34. The van der Waals surface area contributed by atoms with Crippen LogP contribution in [-0.4, -0.2) is 24.7 Å². The first kappa shape index (κ1) is 13.7. The molecule has 0 aliphatic rings. The molecule has 17 heavy (non-hydrogen) atoms. The molecule has 1 aromatic rings. The van der Waals surface area contributed by atoms with E-state index in [1.54, 1.807) is 26.0 Å². The highest BCUT2D eigenvalue weighted by Crippen LogP contribution is 2.17. The molecular formula is C10H15NO5S. The van der Waals surface area contributed by atoms with E-state index >= 15 is 0 Å². The Kier molecular flexibility index (Phi) is 3.94. The normalized spacial score (nSPS) is 15.5. The van der Waals surface area contributed by atoms with Crippen molar-refractivity contribution in [2.45, 2.75) is 32.1 Å². The second-order valence-electron chi connectivity index (χ2n) is 3.81. The predicted molar refractivity (Wildman–Crippen MR) is 61.0 cm³/mol. The van der Waals surface area contributed by atoms with Crippen LogP contribution in [0, 0.1) is 6.92 Å². The SMILES string of the molecule is Cc1ccc(C(C)NS(=O)(=O)C(C)C(=O)O)o1. The summed E-state index contributed by atoms with van der Waals surface area (Å²) in [6.07, 6.45) is 0. The Morgan fingerprint density at radius 3 is 2.41 bits per heavy atom. The number of carboxylic acid groups (broad SMARTS) is 1. The number of hydrogen-bond acceptors (Lipinski definition) is 4. The van der Waals surface area contributed by atoms with Gasteiger partial charge in [-0.15, -0.1) is 0 Å². The van der Waals surface area contributed by atoms with Gasteiger partial charge in [-0.25, -0.2) is 13.1 Å². The summed E-state index contributed by atoms with van der Waals surface area (Å²) >= 11 is 0. The third kappa shape index (κ3) is 3.31. The van der Waals surface area contributed by atoms with Crippen molar-refractivity contribution >= 4 is 16.0 Å². The average molecular weight is 261 g/mol. The molecule has 2 atom stereocenters. The monoisotopic (exact) mass is 261 g/mol. The molecule has 0 bridgehead atoms. The summed E-state index contributed by atoms with van der Waals surface area (Å²) < 4.78 is 30.8. The van der Waals surface area contributed by atoms with E-state index in [4.69, 9.17) is 9.52 Å². The van der Waals surface area contributed by atoms with E-state index in [1.807, 2.05) is 0 Å². The number of carboxylic acids is 1. The van der Waals surface area contributed by atoms with Crippen LogP contribution in [0.5, 0.6) is 0 Å². The van der Waals surface area contributed by atoms with E-state index in [0.29, 0.717) is 11.5 Å². The van der Waals surface area contributed by atoms with Gasteiger partial charge < -0.3 is 9.52 Å². The maximum absolute atomic E-state index is 11.6. The summed E-state index contributed by atoms with van der Waals surface area (Å²) in [4.78, 5) is 10.6. The number of hydrogen-bond donors (Lipinski definition) is 2. The molecule has 0 amide bonds. The number of carbonyl (C=O) groups is 1. The number of aryl methyl sites for hydroxylation is 1. The molecule has 0 spiro atoms. The number of nitrogens with one attached hydrogen (secondary N) is 1. The standard InChI is InChI=1S/C10H15NO5S/c1-6-4-5-9(16-6)7(2)11-17(14,15)8(3)10(12)13/h4-5,7-8,11H,1-3H3,(H,12,13). The summed E-state index contributed by atoms with van der Waals surface area (Å²) in [6, 6.07) is 2.75. The van der Waals surface area contributed by atoms with Crippen LogP contribution in [0.3, 0.4) is 0 Å².